The van der Waals surface area contributed by atoms with E-state index in [1.165, 1.54) is 0 Å². The predicted molar refractivity (Wildman–Crippen MR) is 83.3 cm³/mol. The van der Waals surface area contributed by atoms with E-state index >= 15 is 0 Å². The summed E-state index contributed by atoms with van der Waals surface area (Å²) in [5.74, 6) is 2.03. The monoisotopic (exact) mass is 306 g/mol. The van der Waals surface area contributed by atoms with Gasteiger partial charge in [0.2, 0.25) is 0 Å². The minimum Gasteiger partial charge on any atom is -0.102 e. The summed E-state index contributed by atoms with van der Waals surface area (Å²) < 4.78 is 0. The van der Waals surface area contributed by atoms with Crippen molar-refractivity contribution in [2.24, 2.45) is 0 Å². The molecule has 0 spiro atoms. The summed E-state index contributed by atoms with van der Waals surface area (Å²) in [4.78, 5) is 0. The van der Waals surface area contributed by atoms with Crippen molar-refractivity contribution in [3.05, 3.63) is 25.3 Å². The number of hydrogen-bond donors (Lipinski definition) is 0. The second-order valence-electron chi connectivity index (χ2n) is 1.49. The summed E-state index contributed by atoms with van der Waals surface area (Å²) in [5.41, 5.74) is 0. The van der Waals surface area contributed by atoms with Crippen LogP contribution in [0.5, 0.6) is 0 Å². The van der Waals surface area contributed by atoms with Gasteiger partial charge in [-0.15, -0.1) is 13.2 Å². The molecule has 0 fully saturated rings. The lowest BCUT2D eigenvalue weighted by Gasteiger charge is -1.96. The minimum atomic E-state index is 1.02. The highest BCUT2D eigenvalue weighted by Gasteiger charge is 1.93. The molecule has 0 saturated carbocycles. The summed E-state index contributed by atoms with van der Waals surface area (Å²) in [7, 11) is 12.6. The molecule has 0 aliphatic rings. The Kier molecular flexibility index (Phi) is 16.0. The van der Waals surface area contributed by atoms with Crippen LogP contribution in [0, 0.1) is 0 Å². The van der Waals surface area contributed by atoms with E-state index in [4.69, 9.17) is 0 Å². The van der Waals surface area contributed by atoms with Crippen LogP contribution >= 0.6 is 70.7 Å². The highest BCUT2D eigenvalue weighted by Crippen LogP contribution is 2.54. The zero-order valence-corrected chi connectivity index (χ0v) is 12.6. The Bertz CT molecular complexity index is 112. The number of rotatable bonds is 10. The molecule has 13 heavy (non-hydrogen) atoms. The van der Waals surface area contributed by atoms with Crippen LogP contribution in [0.25, 0.3) is 0 Å². The third-order valence-corrected chi connectivity index (χ3v) is 13.5. The van der Waals surface area contributed by atoms with Crippen molar-refractivity contribution >= 4 is 70.7 Å². The third kappa shape index (κ3) is 13.9. The molecule has 7 heteroatoms. The lowest BCUT2D eigenvalue weighted by molar-refractivity contribution is 1.84. The molecule has 0 atom stereocenters. The van der Waals surface area contributed by atoms with E-state index in [9.17, 15) is 0 Å². The van der Waals surface area contributed by atoms with Gasteiger partial charge in [0.15, 0.2) is 0 Å². The topological polar surface area (TPSA) is 0 Å². The smallest absolute Gasteiger partial charge is 0.0223 e. The van der Waals surface area contributed by atoms with E-state index in [2.05, 4.69) is 13.2 Å². The SMILES string of the molecule is C=CCSSSSSSSCC=C. The highest BCUT2D eigenvalue weighted by molar-refractivity contribution is 9.46. The van der Waals surface area contributed by atoms with Crippen molar-refractivity contribution in [3.63, 3.8) is 0 Å². The first-order chi connectivity index (χ1) is 6.41. The first-order valence-electron chi connectivity index (χ1n) is 3.21. The van der Waals surface area contributed by atoms with Gasteiger partial charge >= 0.3 is 0 Å². The Labute approximate surface area is 106 Å². The van der Waals surface area contributed by atoms with Crippen molar-refractivity contribution < 1.29 is 0 Å². The van der Waals surface area contributed by atoms with E-state index in [-0.39, 0.29) is 0 Å². The molecule has 0 saturated heterocycles. The maximum atomic E-state index is 3.66. The van der Waals surface area contributed by atoms with Crippen LogP contribution in [0.1, 0.15) is 0 Å². The Morgan fingerprint density at radius 1 is 0.692 bits per heavy atom. The van der Waals surface area contributed by atoms with Crippen molar-refractivity contribution in [3.8, 4) is 0 Å². The van der Waals surface area contributed by atoms with E-state index in [0.717, 1.165) is 11.5 Å². The molecule has 0 aromatic rings. The van der Waals surface area contributed by atoms with Gasteiger partial charge in [-0.05, 0) is 49.1 Å². The van der Waals surface area contributed by atoms with E-state index in [1.54, 1.807) is 49.1 Å². The maximum Gasteiger partial charge on any atom is 0.0223 e. The maximum absolute atomic E-state index is 3.66. The molecular weight excluding hydrogens is 297 g/mol. The third-order valence-electron chi connectivity index (χ3n) is 0.579. The molecule has 76 valence electrons. The molecule has 0 unspecified atom stereocenters. The zero-order chi connectivity index (χ0) is 9.78. The molecule has 0 aliphatic heterocycles. The molecule has 0 N–H and O–H groups in total. The standard InChI is InChI=1S/C6H10S7/c1-3-5-7-9-11-13-12-10-8-6-4-2/h3-4H,1-2,5-6H2. The van der Waals surface area contributed by atoms with Crippen LogP contribution in [-0.4, -0.2) is 11.5 Å². The Balaban J connectivity index is 2.83. The van der Waals surface area contributed by atoms with Crippen molar-refractivity contribution in [1.82, 2.24) is 0 Å². The molecule has 0 heterocycles. The largest absolute Gasteiger partial charge is 0.102 e. The predicted octanol–water partition coefficient (Wildman–Crippen LogP) is 5.98. The zero-order valence-electron chi connectivity index (χ0n) is 6.84. The molecule has 0 amide bonds. The van der Waals surface area contributed by atoms with E-state index < -0.39 is 0 Å². The molecule has 0 aromatic carbocycles. The summed E-state index contributed by atoms with van der Waals surface area (Å²) in [6.45, 7) is 7.31. The Morgan fingerprint density at radius 3 is 1.46 bits per heavy atom. The van der Waals surface area contributed by atoms with Crippen LogP contribution in [0.15, 0.2) is 25.3 Å². The van der Waals surface area contributed by atoms with Crippen LogP contribution in [0.2, 0.25) is 0 Å². The van der Waals surface area contributed by atoms with Crippen molar-refractivity contribution in [1.29, 1.82) is 0 Å². The van der Waals surface area contributed by atoms with Gasteiger partial charge in [0.05, 0.1) is 0 Å². The van der Waals surface area contributed by atoms with Crippen LogP contribution in [0.3, 0.4) is 0 Å². The van der Waals surface area contributed by atoms with E-state index in [0.29, 0.717) is 0 Å². The summed E-state index contributed by atoms with van der Waals surface area (Å²) in [6.07, 6.45) is 3.84. The summed E-state index contributed by atoms with van der Waals surface area (Å²) in [5, 5.41) is 0. The quantitative estimate of drug-likeness (QED) is 0.273. The lowest BCUT2D eigenvalue weighted by Crippen LogP contribution is -1.56. The fourth-order valence-corrected chi connectivity index (χ4v) is 13.8. The van der Waals surface area contributed by atoms with Gasteiger partial charge in [-0.1, -0.05) is 33.7 Å². The van der Waals surface area contributed by atoms with Crippen molar-refractivity contribution in [2.75, 3.05) is 11.5 Å². The first kappa shape index (κ1) is 14.9. The van der Waals surface area contributed by atoms with Crippen LogP contribution in [0.4, 0.5) is 0 Å². The number of hydrogen-bond acceptors (Lipinski definition) is 7. The van der Waals surface area contributed by atoms with Gasteiger partial charge < -0.3 is 0 Å². The molecule has 0 radical (unpaired) electrons. The van der Waals surface area contributed by atoms with Gasteiger partial charge in [-0.25, -0.2) is 0 Å². The molecule has 0 rings (SSSR count). The van der Waals surface area contributed by atoms with Crippen molar-refractivity contribution in [2.45, 2.75) is 0 Å². The molecule has 0 aromatic heterocycles. The summed E-state index contributed by atoms with van der Waals surface area (Å²) in [6, 6.07) is 0. The van der Waals surface area contributed by atoms with Gasteiger partial charge in [0.1, 0.15) is 0 Å². The molecule has 0 nitrogen and oxygen atoms in total. The van der Waals surface area contributed by atoms with Crippen LogP contribution < -0.4 is 0 Å². The second kappa shape index (κ2) is 13.9. The Morgan fingerprint density at radius 2 is 1.08 bits per heavy atom. The van der Waals surface area contributed by atoms with Gasteiger partial charge in [-0.2, -0.15) is 0 Å². The second-order valence-corrected chi connectivity index (χ2v) is 12.9. The lowest BCUT2D eigenvalue weighted by atomic mass is 10.8. The van der Waals surface area contributed by atoms with Crippen LogP contribution in [-0.2, 0) is 0 Å². The fraction of sp³-hybridized carbons (Fsp3) is 0.333. The fourth-order valence-electron chi connectivity index (χ4n) is 0.225. The van der Waals surface area contributed by atoms with Gasteiger partial charge in [0, 0.05) is 11.5 Å². The first-order valence-corrected chi connectivity index (χ1v) is 12.4. The molecule has 0 aliphatic carbocycles. The summed E-state index contributed by atoms with van der Waals surface area (Å²) >= 11 is 0. The van der Waals surface area contributed by atoms with Gasteiger partial charge in [0.25, 0.3) is 0 Å². The normalized spacial score (nSPS) is 9.85. The molecule has 0 bridgehead atoms. The minimum absolute atomic E-state index is 1.02. The average Bonchev–Trinajstić information content (AvgIpc) is 2.16. The van der Waals surface area contributed by atoms with Gasteiger partial charge in [-0.3, -0.25) is 0 Å². The molecular formula is C6H10S7. The Hall–Kier alpha value is 1.93. The highest BCUT2D eigenvalue weighted by atomic mass is 33.9. The average molecular weight is 307 g/mol. The van der Waals surface area contributed by atoms with E-state index in [1.807, 2.05) is 33.7 Å².